The maximum absolute atomic E-state index is 11.3. The van der Waals surface area contributed by atoms with Crippen LogP contribution in [-0.2, 0) is 14.9 Å². The summed E-state index contributed by atoms with van der Waals surface area (Å²) in [6.07, 6.45) is 7.29. The maximum atomic E-state index is 11.3. The van der Waals surface area contributed by atoms with E-state index in [1.165, 1.54) is 19.3 Å². The van der Waals surface area contributed by atoms with Gasteiger partial charge < -0.3 is 5.11 Å². The molecule has 0 amide bonds. The molecular weight excluding hydrogens is 279 g/mol. The van der Waals surface area contributed by atoms with Gasteiger partial charge in [0.05, 0.1) is 0 Å². The van der Waals surface area contributed by atoms with Gasteiger partial charge in [-0.25, -0.2) is 0 Å². The SMILES string of the molecule is CCCCCCCCCC(=O)CC(O)S(=O)(=O)O.[Na]. The number of aliphatic hydroxyl groups is 1. The Morgan fingerprint density at radius 3 is 2.00 bits per heavy atom. The summed E-state index contributed by atoms with van der Waals surface area (Å²) in [5, 5.41) is 9.00. The van der Waals surface area contributed by atoms with Crippen molar-refractivity contribution in [2.45, 2.75) is 70.1 Å². The number of rotatable bonds is 11. The molecule has 5 nitrogen and oxygen atoms in total. The van der Waals surface area contributed by atoms with Crippen molar-refractivity contribution in [1.82, 2.24) is 0 Å². The zero-order valence-corrected chi connectivity index (χ0v) is 14.8. The summed E-state index contributed by atoms with van der Waals surface area (Å²) in [6, 6.07) is 0. The van der Waals surface area contributed by atoms with Crippen molar-refractivity contribution in [2.75, 3.05) is 0 Å². The van der Waals surface area contributed by atoms with Crippen molar-refractivity contribution >= 4 is 45.5 Å². The van der Waals surface area contributed by atoms with E-state index < -0.39 is 22.0 Å². The molecule has 1 radical (unpaired) electrons. The molecule has 0 aliphatic rings. The Kier molecular flexibility index (Phi) is 14.1. The third-order valence-corrected chi connectivity index (χ3v) is 3.66. The van der Waals surface area contributed by atoms with Gasteiger partial charge in [-0.2, -0.15) is 8.42 Å². The Morgan fingerprint density at radius 2 is 1.53 bits per heavy atom. The number of aliphatic hydroxyl groups excluding tert-OH is 1. The summed E-state index contributed by atoms with van der Waals surface area (Å²) < 4.78 is 29.5. The monoisotopic (exact) mass is 303 g/mol. The number of hydrogen-bond donors (Lipinski definition) is 2. The molecule has 109 valence electrons. The van der Waals surface area contributed by atoms with E-state index in [4.69, 9.17) is 9.66 Å². The molecule has 0 rings (SSSR count). The van der Waals surface area contributed by atoms with E-state index in [2.05, 4.69) is 6.92 Å². The number of unbranched alkanes of at least 4 members (excludes halogenated alkanes) is 6. The topological polar surface area (TPSA) is 91.7 Å². The quantitative estimate of drug-likeness (QED) is 0.345. The first-order valence-corrected chi connectivity index (χ1v) is 8.04. The van der Waals surface area contributed by atoms with Gasteiger partial charge in [0.2, 0.25) is 0 Å². The summed E-state index contributed by atoms with van der Waals surface area (Å²) in [5.74, 6) is -0.325. The van der Waals surface area contributed by atoms with E-state index in [0.29, 0.717) is 6.42 Å². The largest absolute Gasteiger partial charge is 0.375 e. The molecule has 0 aromatic carbocycles. The Hall–Kier alpha value is 0.540. The summed E-state index contributed by atoms with van der Waals surface area (Å²) in [5.41, 5.74) is -1.98. The summed E-state index contributed by atoms with van der Waals surface area (Å²) >= 11 is 0. The summed E-state index contributed by atoms with van der Waals surface area (Å²) in [4.78, 5) is 11.3. The van der Waals surface area contributed by atoms with Crippen LogP contribution in [0.2, 0.25) is 0 Å². The molecule has 0 aliphatic carbocycles. The van der Waals surface area contributed by atoms with Crippen LogP contribution in [0.3, 0.4) is 0 Å². The minimum absolute atomic E-state index is 0. The number of Topliss-reactive ketones (excluding diaryl/α,β-unsaturated/α-hetero) is 1. The third kappa shape index (κ3) is 13.3. The Labute approximate surface area is 138 Å². The first-order chi connectivity index (χ1) is 8.38. The Bertz CT molecular complexity index is 329. The van der Waals surface area contributed by atoms with Crippen molar-refractivity contribution < 1.29 is 22.9 Å². The van der Waals surface area contributed by atoms with Crippen molar-refractivity contribution in [3.8, 4) is 0 Å². The van der Waals surface area contributed by atoms with Crippen LogP contribution >= 0.6 is 0 Å². The fraction of sp³-hybridized carbons (Fsp3) is 0.917. The second-order valence-corrected chi connectivity index (χ2v) is 6.16. The molecule has 0 spiro atoms. The van der Waals surface area contributed by atoms with E-state index in [1.54, 1.807) is 0 Å². The second-order valence-electron chi connectivity index (χ2n) is 4.58. The molecule has 0 aromatic rings. The molecule has 1 unspecified atom stereocenters. The van der Waals surface area contributed by atoms with Gasteiger partial charge in [0.25, 0.3) is 10.1 Å². The average molecular weight is 303 g/mol. The second kappa shape index (κ2) is 12.3. The van der Waals surface area contributed by atoms with Crippen LogP contribution < -0.4 is 0 Å². The molecule has 0 saturated heterocycles. The molecule has 0 aliphatic heterocycles. The standard InChI is InChI=1S/C12H24O5S.Na/c1-2-3-4-5-6-7-8-9-11(13)10-12(14)18(15,16)17;/h12,14H,2-10H2,1H3,(H,15,16,17);. The van der Waals surface area contributed by atoms with Gasteiger partial charge in [0, 0.05) is 42.4 Å². The number of hydrogen-bond acceptors (Lipinski definition) is 4. The normalized spacial score (nSPS) is 12.8. The van der Waals surface area contributed by atoms with Crippen LogP contribution in [0.25, 0.3) is 0 Å². The van der Waals surface area contributed by atoms with Gasteiger partial charge in [0.1, 0.15) is 5.78 Å². The van der Waals surface area contributed by atoms with Crippen LogP contribution in [0, 0.1) is 0 Å². The zero-order valence-electron chi connectivity index (χ0n) is 12.0. The molecule has 0 heterocycles. The van der Waals surface area contributed by atoms with Gasteiger partial charge in [0.15, 0.2) is 5.44 Å². The van der Waals surface area contributed by atoms with Crippen molar-refractivity contribution in [1.29, 1.82) is 0 Å². The molecule has 0 aromatic heterocycles. The number of ketones is 1. The minimum Gasteiger partial charge on any atom is -0.375 e. The van der Waals surface area contributed by atoms with Crippen LogP contribution in [0.5, 0.6) is 0 Å². The van der Waals surface area contributed by atoms with E-state index in [1.807, 2.05) is 0 Å². The molecule has 0 saturated carbocycles. The fourth-order valence-electron chi connectivity index (χ4n) is 1.68. The van der Waals surface area contributed by atoms with Crippen LogP contribution in [0.15, 0.2) is 0 Å². The van der Waals surface area contributed by atoms with Gasteiger partial charge in [-0.1, -0.05) is 45.4 Å². The molecule has 0 bridgehead atoms. The van der Waals surface area contributed by atoms with E-state index >= 15 is 0 Å². The van der Waals surface area contributed by atoms with Crippen LogP contribution in [0.1, 0.15) is 64.7 Å². The molecule has 1 atom stereocenters. The van der Waals surface area contributed by atoms with Gasteiger partial charge in [-0.05, 0) is 6.42 Å². The first-order valence-electron chi connectivity index (χ1n) is 6.54. The minimum atomic E-state index is -4.51. The van der Waals surface area contributed by atoms with Crippen molar-refractivity contribution in [2.24, 2.45) is 0 Å². The van der Waals surface area contributed by atoms with Crippen molar-refractivity contribution in [3.63, 3.8) is 0 Å². The third-order valence-electron chi connectivity index (χ3n) is 2.81. The first kappa shape index (κ1) is 21.8. The molecule has 7 heteroatoms. The average Bonchev–Trinajstić information content (AvgIpc) is 2.26. The maximum Gasteiger partial charge on any atom is 0.292 e. The van der Waals surface area contributed by atoms with Crippen LogP contribution in [0.4, 0.5) is 0 Å². The van der Waals surface area contributed by atoms with Crippen molar-refractivity contribution in [3.05, 3.63) is 0 Å². The predicted octanol–water partition coefficient (Wildman–Crippen LogP) is 1.91. The Balaban J connectivity index is 0. The molecule has 2 N–H and O–H groups in total. The number of carbonyl (C=O) groups is 1. The van der Waals surface area contributed by atoms with E-state index in [-0.39, 0.29) is 41.8 Å². The summed E-state index contributed by atoms with van der Waals surface area (Å²) in [7, 11) is -4.51. The molecule has 19 heavy (non-hydrogen) atoms. The Morgan fingerprint density at radius 1 is 1.05 bits per heavy atom. The van der Waals surface area contributed by atoms with Gasteiger partial charge in [-0.3, -0.25) is 9.35 Å². The molecular formula is C12H24NaO5S. The summed E-state index contributed by atoms with van der Waals surface area (Å²) in [6.45, 7) is 2.15. The molecule has 0 fully saturated rings. The fourth-order valence-corrected chi connectivity index (χ4v) is 2.08. The predicted molar refractivity (Wildman–Crippen MR) is 75.5 cm³/mol. The smallest absolute Gasteiger partial charge is 0.292 e. The van der Waals surface area contributed by atoms with Crippen LogP contribution in [-0.4, -0.2) is 58.9 Å². The van der Waals surface area contributed by atoms with Gasteiger partial charge in [-0.15, -0.1) is 0 Å². The van der Waals surface area contributed by atoms with E-state index in [0.717, 1.165) is 19.3 Å². The zero-order chi connectivity index (χ0) is 14.0. The number of carbonyl (C=O) groups excluding carboxylic acids is 1. The van der Waals surface area contributed by atoms with Gasteiger partial charge >= 0.3 is 0 Å². The van der Waals surface area contributed by atoms with E-state index in [9.17, 15) is 13.2 Å².